The van der Waals surface area contributed by atoms with E-state index in [0.29, 0.717) is 6.04 Å². The molecular formula is C25H36F3N3O. The van der Waals surface area contributed by atoms with E-state index in [2.05, 4.69) is 42.5 Å². The Bertz CT molecular complexity index is 982. The highest BCUT2D eigenvalue weighted by molar-refractivity contribution is 6.02. The summed E-state index contributed by atoms with van der Waals surface area (Å²) in [5, 5.41) is 11.5. The average molecular weight is 452 g/mol. The maximum absolute atomic E-state index is 10.8. The Hall–Kier alpha value is -2.15. The molecular weight excluding hydrogens is 415 g/mol. The van der Waals surface area contributed by atoms with Gasteiger partial charge in [-0.1, -0.05) is 58.7 Å². The smallest absolute Gasteiger partial charge is 0.385 e. The average Bonchev–Trinajstić information content (AvgIpc) is 3.16. The molecule has 4 nitrogen and oxygen atoms in total. The van der Waals surface area contributed by atoms with Crippen LogP contribution in [0.25, 0.3) is 21.9 Å². The van der Waals surface area contributed by atoms with Crippen LogP contribution in [0.4, 0.5) is 13.2 Å². The third kappa shape index (κ3) is 6.67. The Morgan fingerprint density at radius 2 is 1.66 bits per heavy atom. The SMILES string of the molecule is CCC(F)(F)F.CCCC(CCC(C)CC)n1c([C@@H](C)O)nc2cnc3ccccc3c21. The second kappa shape index (κ2) is 11.6. The van der Waals surface area contributed by atoms with Crippen LogP contribution in [0.3, 0.4) is 0 Å². The van der Waals surface area contributed by atoms with Crippen LogP contribution >= 0.6 is 0 Å². The Kier molecular flexibility index (Phi) is 9.49. The zero-order valence-corrected chi connectivity index (χ0v) is 19.8. The molecule has 1 aromatic carbocycles. The summed E-state index contributed by atoms with van der Waals surface area (Å²) in [4.78, 5) is 9.32. The molecule has 0 aliphatic carbocycles. The Morgan fingerprint density at radius 1 is 1.00 bits per heavy atom. The number of aliphatic hydroxyl groups excluding tert-OH is 1. The second-order valence-corrected chi connectivity index (χ2v) is 8.53. The number of imidazole rings is 1. The van der Waals surface area contributed by atoms with E-state index < -0.39 is 18.7 Å². The number of aliphatic hydroxyl groups is 1. The van der Waals surface area contributed by atoms with Gasteiger partial charge in [0, 0.05) is 17.8 Å². The first kappa shape index (κ1) is 26.1. The molecule has 3 aromatic rings. The van der Waals surface area contributed by atoms with Crippen molar-refractivity contribution < 1.29 is 18.3 Å². The van der Waals surface area contributed by atoms with Gasteiger partial charge in [0.2, 0.25) is 0 Å². The summed E-state index contributed by atoms with van der Waals surface area (Å²) in [6, 6.07) is 8.59. The van der Waals surface area contributed by atoms with Crippen molar-refractivity contribution in [2.75, 3.05) is 0 Å². The lowest BCUT2D eigenvalue weighted by molar-refractivity contribution is -0.130. The van der Waals surface area contributed by atoms with E-state index >= 15 is 0 Å². The largest absolute Gasteiger partial charge is 0.388 e. The van der Waals surface area contributed by atoms with Crippen LogP contribution in [0.15, 0.2) is 30.5 Å². The van der Waals surface area contributed by atoms with Gasteiger partial charge in [-0.05, 0) is 38.2 Å². The van der Waals surface area contributed by atoms with Crippen molar-refractivity contribution in [3.63, 3.8) is 0 Å². The fourth-order valence-electron chi connectivity index (χ4n) is 3.82. The number of fused-ring (bicyclic) bond motifs is 3. The van der Waals surface area contributed by atoms with Crippen molar-refractivity contribution in [2.45, 2.75) is 91.5 Å². The number of aromatic nitrogens is 3. The van der Waals surface area contributed by atoms with Crippen molar-refractivity contribution in [1.82, 2.24) is 14.5 Å². The van der Waals surface area contributed by atoms with Crippen molar-refractivity contribution in [3.8, 4) is 0 Å². The lowest BCUT2D eigenvalue weighted by Gasteiger charge is -2.24. The molecule has 32 heavy (non-hydrogen) atoms. The van der Waals surface area contributed by atoms with Gasteiger partial charge in [-0.3, -0.25) is 4.98 Å². The Labute approximate surface area is 188 Å². The summed E-state index contributed by atoms with van der Waals surface area (Å²) in [5.41, 5.74) is 2.98. The third-order valence-electron chi connectivity index (χ3n) is 5.90. The van der Waals surface area contributed by atoms with Crippen molar-refractivity contribution in [2.24, 2.45) is 5.92 Å². The summed E-state index contributed by atoms with van der Waals surface area (Å²) >= 11 is 0. The molecule has 0 spiro atoms. The number of hydrogen-bond donors (Lipinski definition) is 1. The molecule has 0 bridgehead atoms. The number of para-hydroxylation sites is 1. The van der Waals surface area contributed by atoms with E-state index in [1.54, 1.807) is 0 Å². The molecule has 0 radical (unpaired) electrons. The minimum atomic E-state index is -3.96. The number of benzene rings is 1. The molecule has 0 saturated carbocycles. The van der Waals surface area contributed by atoms with Gasteiger partial charge < -0.3 is 9.67 Å². The summed E-state index contributed by atoms with van der Waals surface area (Å²) < 4.78 is 34.7. The van der Waals surface area contributed by atoms with E-state index in [1.165, 1.54) is 12.8 Å². The van der Waals surface area contributed by atoms with Crippen LogP contribution in [0.2, 0.25) is 0 Å². The number of pyridine rings is 1. The predicted molar refractivity (Wildman–Crippen MR) is 125 cm³/mol. The first-order valence-corrected chi connectivity index (χ1v) is 11.6. The standard InChI is InChI=1S/C22H31N3O.C3H5F3/c1-5-9-17(13-12-15(3)6-2)25-21-18-10-7-8-11-19(18)23-14-20(21)24-22(25)16(4)26;1-2-3(4,5)6/h7-8,10-11,14-17,26H,5-6,9,12-13H2,1-4H3;2H2,1H3/t15?,16-,17?;/m1./s1. The van der Waals surface area contributed by atoms with Crippen LogP contribution in [0.1, 0.15) is 91.1 Å². The van der Waals surface area contributed by atoms with Gasteiger partial charge in [0.25, 0.3) is 0 Å². The molecule has 7 heteroatoms. The normalized spacial score (nSPS) is 14.8. The topological polar surface area (TPSA) is 50.9 Å². The van der Waals surface area contributed by atoms with E-state index in [1.807, 2.05) is 25.3 Å². The number of halogens is 3. The first-order valence-electron chi connectivity index (χ1n) is 11.6. The molecule has 2 heterocycles. The summed E-state index contributed by atoms with van der Waals surface area (Å²) in [7, 11) is 0. The van der Waals surface area contributed by atoms with E-state index in [0.717, 1.165) is 59.9 Å². The lowest BCUT2D eigenvalue weighted by Crippen LogP contribution is -2.15. The van der Waals surface area contributed by atoms with Crippen LogP contribution in [-0.2, 0) is 0 Å². The fourth-order valence-corrected chi connectivity index (χ4v) is 3.82. The molecule has 0 amide bonds. The molecule has 3 atom stereocenters. The quantitative estimate of drug-likeness (QED) is 0.381. The molecule has 178 valence electrons. The zero-order chi connectivity index (χ0) is 23.9. The van der Waals surface area contributed by atoms with Gasteiger partial charge >= 0.3 is 6.18 Å². The molecule has 1 N–H and O–H groups in total. The minimum Gasteiger partial charge on any atom is -0.385 e. The van der Waals surface area contributed by atoms with E-state index in [4.69, 9.17) is 4.98 Å². The van der Waals surface area contributed by atoms with Crippen LogP contribution in [-0.4, -0.2) is 25.8 Å². The van der Waals surface area contributed by atoms with Gasteiger partial charge in [-0.2, -0.15) is 13.2 Å². The Balaban J connectivity index is 0.000000534. The second-order valence-electron chi connectivity index (χ2n) is 8.53. The van der Waals surface area contributed by atoms with Gasteiger partial charge in [0.05, 0.1) is 17.2 Å². The lowest BCUT2D eigenvalue weighted by atomic mass is 9.96. The van der Waals surface area contributed by atoms with Crippen LogP contribution < -0.4 is 0 Å². The predicted octanol–water partition coefficient (Wildman–Crippen LogP) is 7.76. The minimum absolute atomic E-state index is 0.356. The number of nitrogens with zero attached hydrogens (tertiary/aromatic N) is 3. The van der Waals surface area contributed by atoms with E-state index in [9.17, 15) is 18.3 Å². The molecule has 3 rings (SSSR count). The molecule has 2 unspecified atom stereocenters. The summed E-state index contributed by atoms with van der Waals surface area (Å²) in [5.74, 6) is 1.48. The van der Waals surface area contributed by atoms with Crippen molar-refractivity contribution in [1.29, 1.82) is 0 Å². The van der Waals surface area contributed by atoms with Gasteiger partial charge in [-0.15, -0.1) is 0 Å². The first-order chi connectivity index (χ1) is 15.1. The highest BCUT2D eigenvalue weighted by atomic mass is 19.4. The summed E-state index contributed by atoms with van der Waals surface area (Å²) in [6.45, 7) is 9.71. The third-order valence-corrected chi connectivity index (χ3v) is 5.90. The zero-order valence-electron chi connectivity index (χ0n) is 19.8. The number of hydrogen-bond acceptors (Lipinski definition) is 3. The van der Waals surface area contributed by atoms with Gasteiger partial charge in [0.1, 0.15) is 17.4 Å². The molecule has 0 saturated heterocycles. The molecule has 0 fully saturated rings. The van der Waals surface area contributed by atoms with Gasteiger partial charge in [0.15, 0.2) is 0 Å². The maximum Gasteiger partial charge on any atom is 0.388 e. The molecule has 2 aromatic heterocycles. The van der Waals surface area contributed by atoms with Crippen molar-refractivity contribution >= 4 is 21.9 Å². The number of alkyl halides is 3. The summed E-state index contributed by atoms with van der Waals surface area (Å²) in [6.07, 6.45) is 2.30. The number of rotatable bonds is 8. The van der Waals surface area contributed by atoms with Crippen LogP contribution in [0.5, 0.6) is 0 Å². The fraction of sp³-hybridized carbons (Fsp3) is 0.600. The molecule has 0 aliphatic rings. The van der Waals surface area contributed by atoms with Gasteiger partial charge in [-0.25, -0.2) is 4.98 Å². The van der Waals surface area contributed by atoms with Crippen molar-refractivity contribution in [3.05, 3.63) is 36.3 Å². The Morgan fingerprint density at radius 3 is 2.22 bits per heavy atom. The van der Waals surface area contributed by atoms with E-state index in [-0.39, 0.29) is 0 Å². The van der Waals surface area contributed by atoms with Crippen LogP contribution in [0, 0.1) is 5.92 Å². The highest BCUT2D eigenvalue weighted by Gasteiger charge is 2.24. The highest BCUT2D eigenvalue weighted by Crippen LogP contribution is 2.34. The molecule has 0 aliphatic heterocycles. The maximum atomic E-state index is 10.8. The monoisotopic (exact) mass is 451 g/mol.